The predicted molar refractivity (Wildman–Crippen MR) is 77.9 cm³/mol. The van der Waals surface area contributed by atoms with Crippen LogP contribution in [0.4, 0.5) is 0 Å². The lowest BCUT2D eigenvalue weighted by Crippen LogP contribution is -1.96. The maximum atomic E-state index is 10.1. The first-order valence-electron chi connectivity index (χ1n) is 6.25. The van der Waals surface area contributed by atoms with Crippen molar-refractivity contribution in [3.8, 4) is 17.3 Å². The second-order valence-corrected chi connectivity index (χ2v) is 4.42. The van der Waals surface area contributed by atoms with Gasteiger partial charge in [0.05, 0.1) is 5.56 Å². The van der Waals surface area contributed by atoms with Crippen molar-refractivity contribution in [2.75, 3.05) is 0 Å². The fourth-order valence-electron chi connectivity index (χ4n) is 1.95. The van der Waals surface area contributed by atoms with E-state index in [0.29, 0.717) is 17.9 Å². The van der Waals surface area contributed by atoms with E-state index in [1.807, 2.05) is 30.3 Å². The van der Waals surface area contributed by atoms with Gasteiger partial charge in [-0.15, -0.1) is 0 Å². The molecule has 2 aliphatic rings. The van der Waals surface area contributed by atoms with E-state index in [-0.39, 0.29) is 5.88 Å². The summed E-state index contributed by atoms with van der Waals surface area (Å²) in [5, 5.41) is 10.1. The van der Waals surface area contributed by atoms with Crippen LogP contribution in [0.2, 0.25) is 0 Å². The van der Waals surface area contributed by atoms with Crippen LogP contribution >= 0.6 is 0 Å². The molecule has 5 heteroatoms. The first-order chi connectivity index (χ1) is 9.78. The molecule has 20 heavy (non-hydrogen) atoms. The van der Waals surface area contributed by atoms with Gasteiger partial charge in [0.25, 0.3) is 0 Å². The van der Waals surface area contributed by atoms with Crippen molar-refractivity contribution in [2.24, 2.45) is 5.73 Å². The zero-order chi connectivity index (χ0) is 13.9. The molecule has 1 aromatic rings. The Hall–Kier alpha value is -2.66. The molecular weight excluding hydrogens is 252 g/mol. The van der Waals surface area contributed by atoms with Gasteiger partial charge in [-0.2, -0.15) is 0 Å². The molecule has 0 radical (unpaired) electrons. The van der Waals surface area contributed by atoms with Crippen LogP contribution in [0.5, 0.6) is 5.88 Å². The molecule has 0 bridgehead atoms. The number of fused-ring (bicyclic) bond motifs is 1. The summed E-state index contributed by atoms with van der Waals surface area (Å²) in [5.41, 5.74) is 8.30. The van der Waals surface area contributed by atoms with Crippen LogP contribution in [0.25, 0.3) is 23.7 Å². The van der Waals surface area contributed by atoms with Gasteiger partial charge in [-0.3, -0.25) is 4.57 Å². The smallest absolute Gasteiger partial charge is 0.207 e. The maximum Gasteiger partial charge on any atom is 0.207 e. The van der Waals surface area contributed by atoms with Crippen molar-refractivity contribution in [2.45, 2.75) is 6.54 Å². The minimum atomic E-state index is 0.127. The highest BCUT2D eigenvalue weighted by Crippen LogP contribution is 2.27. The van der Waals surface area contributed by atoms with Gasteiger partial charge in [-0.25, -0.2) is 9.97 Å². The molecule has 0 amide bonds. The molecule has 0 spiro atoms. The Morgan fingerprint density at radius 3 is 2.70 bits per heavy atom. The van der Waals surface area contributed by atoms with Gasteiger partial charge in [-0.1, -0.05) is 24.3 Å². The molecule has 3 rings (SSSR count). The number of nitrogens with zero attached hydrogens (tertiary/aromatic N) is 3. The van der Waals surface area contributed by atoms with E-state index < -0.39 is 0 Å². The summed E-state index contributed by atoms with van der Waals surface area (Å²) >= 11 is 0. The average Bonchev–Trinajstić information content (AvgIpc) is 2.96. The molecule has 0 saturated carbocycles. The summed E-state index contributed by atoms with van der Waals surface area (Å²) in [7, 11) is 0. The summed E-state index contributed by atoms with van der Waals surface area (Å²) < 4.78 is 1.56. The van der Waals surface area contributed by atoms with Crippen molar-refractivity contribution < 1.29 is 5.11 Å². The second-order valence-electron chi connectivity index (χ2n) is 4.42. The van der Waals surface area contributed by atoms with Crippen LogP contribution in [0.15, 0.2) is 42.9 Å². The van der Waals surface area contributed by atoms with E-state index in [1.165, 1.54) is 6.33 Å². The molecule has 2 aliphatic heterocycles. The van der Waals surface area contributed by atoms with E-state index in [0.717, 1.165) is 11.1 Å². The number of hydrogen-bond donors (Lipinski definition) is 2. The highest BCUT2D eigenvalue weighted by Gasteiger charge is 2.11. The first-order valence-corrected chi connectivity index (χ1v) is 6.25. The van der Waals surface area contributed by atoms with E-state index in [4.69, 9.17) is 5.73 Å². The number of rotatable bonds is 3. The molecule has 0 aromatic heterocycles. The average molecular weight is 266 g/mol. The number of aromatic nitrogens is 3. The fourth-order valence-corrected chi connectivity index (χ4v) is 1.95. The van der Waals surface area contributed by atoms with Gasteiger partial charge in [0.15, 0.2) is 5.82 Å². The molecule has 0 aliphatic carbocycles. The van der Waals surface area contributed by atoms with Crippen molar-refractivity contribution in [1.29, 1.82) is 0 Å². The molecule has 2 heterocycles. The van der Waals surface area contributed by atoms with Crippen molar-refractivity contribution in [3.05, 3.63) is 54.0 Å². The highest BCUT2D eigenvalue weighted by molar-refractivity contribution is 5.67. The molecule has 3 N–H and O–H groups in total. The summed E-state index contributed by atoms with van der Waals surface area (Å²) in [6, 6.07) is 9.65. The SMILES string of the molecule is NCc1ccc(C=Cn2cnc3nccc-3c2O)cc1. The topological polar surface area (TPSA) is 77.0 Å². The Balaban J connectivity index is 1.90. The third-order valence-electron chi connectivity index (χ3n) is 3.11. The predicted octanol–water partition coefficient (Wildman–Crippen LogP) is 2.18. The van der Waals surface area contributed by atoms with E-state index in [9.17, 15) is 5.11 Å². The Labute approximate surface area is 116 Å². The van der Waals surface area contributed by atoms with Crippen LogP contribution in [0, 0.1) is 0 Å². The van der Waals surface area contributed by atoms with Crippen molar-refractivity contribution in [1.82, 2.24) is 14.5 Å². The zero-order valence-corrected chi connectivity index (χ0v) is 10.8. The molecule has 1 aromatic carbocycles. The van der Waals surface area contributed by atoms with Crippen LogP contribution in [-0.2, 0) is 6.54 Å². The van der Waals surface area contributed by atoms with Gasteiger partial charge in [0.2, 0.25) is 5.88 Å². The lowest BCUT2D eigenvalue weighted by molar-refractivity contribution is 0.442. The quantitative estimate of drug-likeness (QED) is 0.761. The molecule has 0 saturated heterocycles. The number of benzene rings is 1. The number of nitrogens with two attached hydrogens (primary N) is 1. The summed E-state index contributed by atoms with van der Waals surface area (Å²) in [6.45, 7) is 0.532. The Morgan fingerprint density at radius 2 is 1.95 bits per heavy atom. The normalized spacial score (nSPS) is 11.4. The van der Waals surface area contributed by atoms with E-state index in [2.05, 4.69) is 9.97 Å². The lowest BCUT2D eigenvalue weighted by Gasteiger charge is -2.06. The van der Waals surface area contributed by atoms with Crippen LogP contribution < -0.4 is 5.73 Å². The summed E-state index contributed by atoms with van der Waals surface area (Å²) in [4.78, 5) is 8.20. The molecular formula is C15H14N4O. The maximum absolute atomic E-state index is 10.1. The summed E-state index contributed by atoms with van der Waals surface area (Å²) in [5.74, 6) is 0.668. The van der Waals surface area contributed by atoms with Crippen molar-refractivity contribution >= 4 is 12.3 Å². The van der Waals surface area contributed by atoms with Crippen LogP contribution in [-0.4, -0.2) is 19.6 Å². The zero-order valence-electron chi connectivity index (χ0n) is 10.8. The second kappa shape index (κ2) is 5.14. The Morgan fingerprint density at radius 1 is 1.15 bits per heavy atom. The molecule has 0 unspecified atom stereocenters. The third kappa shape index (κ3) is 2.26. The van der Waals surface area contributed by atoms with E-state index >= 15 is 0 Å². The first kappa shape index (κ1) is 12.4. The Bertz CT molecular complexity index is 715. The van der Waals surface area contributed by atoms with Crippen LogP contribution in [0.3, 0.4) is 0 Å². The highest BCUT2D eigenvalue weighted by atomic mass is 16.3. The van der Waals surface area contributed by atoms with Crippen molar-refractivity contribution in [3.63, 3.8) is 0 Å². The van der Waals surface area contributed by atoms with Gasteiger partial charge >= 0.3 is 0 Å². The number of hydrogen-bond acceptors (Lipinski definition) is 4. The van der Waals surface area contributed by atoms with Gasteiger partial charge in [-0.05, 0) is 23.3 Å². The Kier molecular flexibility index (Phi) is 3.18. The van der Waals surface area contributed by atoms with Gasteiger partial charge in [0, 0.05) is 18.9 Å². The van der Waals surface area contributed by atoms with Gasteiger partial charge < -0.3 is 10.8 Å². The number of aromatic hydroxyl groups is 1. The molecule has 0 atom stereocenters. The molecule has 0 fully saturated rings. The molecule has 100 valence electrons. The minimum Gasteiger partial charge on any atom is -0.494 e. The standard InChI is InChI=1S/C15H14N4O/c16-9-12-3-1-11(2-4-12)6-8-19-10-18-14-13(15(19)20)5-7-17-14/h1-8,10,20H,9,16H2. The largest absolute Gasteiger partial charge is 0.494 e. The summed E-state index contributed by atoms with van der Waals surface area (Å²) in [6.07, 6.45) is 6.81. The minimum absolute atomic E-state index is 0.127. The van der Waals surface area contributed by atoms with Gasteiger partial charge in [0.1, 0.15) is 6.33 Å². The van der Waals surface area contributed by atoms with Crippen LogP contribution in [0.1, 0.15) is 11.1 Å². The van der Waals surface area contributed by atoms with E-state index in [1.54, 1.807) is 23.0 Å². The molecule has 5 nitrogen and oxygen atoms in total. The third-order valence-corrected chi connectivity index (χ3v) is 3.11. The monoisotopic (exact) mass is 266 g/mol. The lowest BCUT2D eigenvalue weighted by atomic mass is 10.1. The fraction of sp³-hybridized carbons (Fsp3) is 0.0667.